The lowest BCUT2D eigenvalue weighted by Crippen LogP contribution is -2.14. The van der Waals surface area contributed by atoms with E-state index in [1.165, 1.54) is 6.20 Å². The third-order valence-electron chi connectivity index (χ3n) is 3.91. The SMILES string of the molecule is N#CSc1ccc(N/C=C(/C#N)C(=O)Nc2cccc3c(O)cccc23)cc1. The molecule has 0 aliphatic rings. The Morgan fingerprint density at radius 1 is 1.00 bits per heavy atom. The molecule has 0 aliphatic carbocycles. The smallest absolute Gasteiger partial charge is 0.267 e. The number of carbonyl (C=O) groups is 1. The molecule has 0 aliphatic heterocycles. The zero-order valence-corrected chi connectivity index (χ0v) is 15.3. The van der Waals surface area contributed by atoms with Crippen LogP contribution in [0, 0.1) is 22.0 Å². The molecule has 0 saturated heterocycles. The number of nitrogens with zero attached hydrogens (tertiary/aromatic N) is 2. The monoisotopic (exact) mass is 386 g/mol. The quantitative estimate of drug-likeness (QED) is 0.256. The van der Waals surface area contributed by atoms with Crippen LogP contribution in [0.2, 0.25) is 0 Å². The fourth-order valence-electron chi connectivity index (χ4n) is 2.57. The standard InChI is InChI=1S/C21H14N4O2S/c22-11-14(12-24-15-7-9-16(10-8-15)28-13-23)21(27)25-19-5-1-4-18-17(19)3-2-6-20(18)26/h1-10,12,24,26H,(H,25,27)/b14-12-. The van der Waals surface area contributed by atoms with Crippen LogP contribution in [0.4, 0.5) is 11.4 Å². The van der Waals surface area contributed by atoms with Crippen LogP contribution in [0.3, 0.4) is 0 Å². The molecule has 0 bridgehead atoms. The number of rotatable bonds is 5. The summed E-state index contributed by atoms with van der Waals surface area (Å²) in [5.41, 5.74) is 1.07. The molecule has 136 valence electrons. The topological polar surface area (TPSA) is 109 Å². The van der Waals surface area contributed by atoms with Gasteiger partial charge in [0.15, 0.2) is 0 Å². The largest absolute Gasteiger partial charge is 0.507 e. The summed E-state index contributed by atoms with van der Waals surface area (Å²) >= 11 is 1.05. The second kappa shape index (κ2) is 8.63. The van der Waals surface area contributed by atoms with Crippen LogP contribution in [-0.2, 0) is 4.79 Å². The van der Waals surface area contributed by atoms with Crippen molar-refractivity contribution in [2.75, 3.05) is 10.6 Å². The zero-order chi connectivity index (χ0) is 19.9. The molecule has 3 N–H and O–H groups in total. The van der Waals surface area contributed by atoms with Crippen molar-refractivity contribution in [2.24, 2.45) is 0 Å². The molecule has 0 unspecified atom stereocenters. The maximum Gasteiger partial charge on any atom is 0.267 e. The molecule has 0 aromatic heterocycles. The van der Waals surface area contributed by atoms with Crippen LogP contribution < -0.4 is 10.6 Å². The van der Waals surface area contributed by atoms with Crippen molar-refractivity contribution in [2.45, 2.75) is 4.90 Å². The number of fused-ring (bicyclic) bond motifs is 1. The van der Waals surface area contributed by atoms with Gasteiger partial charge in [0, 0.05) is 33.2 Å². The minimum absolute atomic E-state index is 0.104. The minimum atomic E-state index is -0.567. The van der Waals surface area contributed by atoms with Crippen molar-refractivity contribution < 1.29 is 9.90 Å². The van der Waals surface area contributed by atoms with E-state index in [9.17, 15) is 15.2 Å². The fourth-order valence-corrected chi connectivity index (χ4v) is 2.95. The lowest BCUT2D eigenvalue weighted by molar-refractivity contribution is -0.112. The molecule has 0 atom stereocenters. The number of hydrogen-bond acceptors (Lipinski definition) is 6. The summed E-state index contributed by atoms with van der Waals surface area (Å²) in [6.07, 6.45) is 1.32. The van der Waals surface area contributed by atoms with Gasteiger partial charge < -0.3 is 15.7 Å². The summed E-state index contributed by atoms with van der Waals surface area (Å²) in [6.45, 7) is 0. The molecular formula is C21H14N4O2S. The Morgan fingerprint density at radius 3 is 2.43 bits per heavy atom. The van der Waals surface area contributed by atoms with E-state index < -0.39 is 5.91 Å². The van der Waals surface area contributed by atoms with Gasteiger partial charge in [0.2, 0.25) is 0 Å². The van der Waals surface area contributed by atoms with E-state index in [4.69, 9.17) is 5.26 Å². The second-order valence-corrected chi connectivity index (χ2v) is 6.52. The molecule has 0 radical (unpaired) electrons. The number of thioether (sulfide) groups is 1. The highest BCUT2D eigenvalue weighted by molar-refractivity contribution is 8.03. The predicted octanol–water partition coefficient (Wildman–Crippen LogP) is 4.58. The number of carbonyl (C=O) groups excluding carboxylic acids is 1. The Hall–Kier alpha value is -3.94. The van der Waals surface area contributed by atoms with Crippen molar-refractivity contribution in [3.63, 3.8) is 0 Å². The van der Waals surface area contributed by atoms with Crippen molar-refractivity contribution >= 4 is 39.8 Å². The number of phenolic OH excluding ortho intramolecular Hbond substituents is 1. The third kappa shape index (κ3) is 4.24. The maximum absolute atomic E-state index is 12.5. The van der Waals surface area contributed by atoms with Crippen molar-refractivity contribution in [1.29, 1.82) is 10.5 Å². The highest BCUT2D eigenvalue weighted by Gasteiger charge is 2.12. The Balaban J connectivity index is 1.77. The number of benzene rings is 3. The van der Waals surface area contributed by atoms with Crippen LogP contribution in [0.1, 0.15) is 0 Å². The Kier molecular flexibility index (Phi) is 5.81. The van der Waals surface area contributed by atoms with Gasteiger partial charge in [-0.25, -0.2) is 0 Å². The molecule has 0 fully saturated rings. The molecule has 28 heavy (non-hydrogen) atoms. The molecular weight excluding hydrogens is 372 g/mol. The van der Waals surface area contributed by atoms with Gasteiger partial charge in [-0.3, -0.25) is 4.79 Å². The molecule has 3 rings (SSSR count). The van der Waals surface area contributed by atoms with E-state index in [0.717, 1.165) is 16.7 Å². The molecule has 0 spiro atoms. The van der Waals surface area contributed by atoms with Gasteiger partial charge in [-0.15, -0.1) is 0 Å². The van der Waals surface area contributed by atoms with E-state index in [-0.39, 0.29) is 11.3 Å². The molecule has 6 nitrogen and oxygen atoms in total. The number of nitriles is 2. The second-order valence-electron chi connectivity index (χ2n) is 5.66. The van der Waals surface area contributed by atoms with Gasteiger partial charge in [-0.1, -0.05) is 24.3 Å². The maximum atomic E-state index is 12.5. The molecule has 0 heterocycles. The molecule has 3 aromatic carbocycles. The van der Waals surface area contributed by atoms with Crippen LogP contribution in [0.5, 0.6) is 5.75 Å². The lowest BCUT2D eigenvalue weighted by atomic mass is 10.1. The highest BCUT2D eigenvalue weighted by atomic mass is 32.2. The van der Waals surface area contributed by atoms with Crippen LogP contribution >= 0.6 is 11.8 Å². The van der Waals surface area contributed by atoms with Crippen molar-refractivity contribution in [3.8, 4) is 17.2 Å². The van der Waals surface area contributed by atoms with Gasteiger partial charge >= 0.3 is 0 Å². The first-order valence-corrected chi connectivity index (χ1v) is 8.99. The predicted molar refractivity (Wildman–Crippen MR) is 109 cm³/mol. The molecule has 1 amide bonds. The van der Waals surface area contributed by atoms with Gasteiger partial charge in [0.25, 0.3) is 5.91 Å². The number of thiocyanates is 1. The first-order valence-electron chi connectivity index (χ1n) is 8.17. The number of amides is 1. The Bertz CT molecular complexity index is 1140. The van der Waals surface area contributed by atoms with Gasteiger partial charge in [0.05, 0.1) is 0 Å². The van der Waals surface area contributed by atoms with E-state index >= 15 is 0 Å². The zero-order valence-electron chi connectivity index (χ0n) is 14.5. The van der Waals surface area contributed by atoms with E-state index in [1.807, 2.05) is 11.5 Å². The average Bonchev–Trinajstić information content (AvgIpc) is 2.71. The Morgan fingerprint density at radius 2 is 1.71 bits per heavy atom. The summed E-state index contributed by atoms with van der Waals surface area (Å²) in [7, 11) is 0. The number of nitrogens with one attached hydrogen (secondary N) is 2. The number of phenols is 1. The lowest BCUT2D eigenvalue weighted by Gasteiger charge is -2.09. The van der Waals surface area contributed by atoms with Crippen molar-refractivity contribution in [1.82, 2.24) is 0 Å². The Labute approximate surface area is 165 Å². The van der Waals surface area contributed by atoms with Gasteiger partial charge in [-0.05, 0) is 48.2 Å². The highest BCUT2D eigenvalue weighted by Crippen LogP contribution is 2.30. The average molecular weight is 386 g/mol. The van der Waals surface area contributed by atoms with Gasteiger partial charge in [-0.2, -0.15) is 10.5 Å². The van der Waals surface area contributed by atoms with Crippen molar-refractivity contribution in [3.05, 3.63) is 72.4 Å². The van der Waals surface area contributed by atoms with E-state index in [1.54, 1.807) is 60.7 Å². The van der Waals surface area contributed by atoms with Crippen LogP contribution in [-0.4, -0.2) is 11.0 Å². The molecule has 3 aromatic rings. The van der Waals surface area contributed by atoms with Gasteiger partial charge in [0.1, 0.15) is 22.8 Å². The summed E-state index contributed by atoms with van der Waals surface area (Å²) in [4.78, 5) is 13.3. The molecule has 0 saturated carbocycles. The molecule has 7 heteroatoms. The minimum Gasteiger partial charge on any atom is -0.507 e. The first kappa shape index (κ1) is 18.8. The first-order chi connectivity index (χ1) is 13.6. The normalized spacial score (nSPS) is 10.7. The number of anilines is 2. The van der Waals surface area contributed by atoms with E-state index in [2.05, 4.69) is 10.6 Å². The summed E-state index contributed by atoms with van der Waals surface area (Å²) in [6, 6.07) is 19.1. The third-order valence-corrected chi connectivity index (χ3v) is 4.51. The number of aromatic hydroxyl groups is 1. The number of hydrogen-bond donors (Lipinski definition) is 3. The van der Waals surface area contributed by atoms with Crippen LogP contribution in [0.15, 0.2) is 77.3 Å². The summed E-state index contributed by atoms with van der Waals surface area (Å²) < 4.78 is 0. The fraction of sp³-hybridized carbons (Fsp3) is 0. The van der Waals surface area contributed by atoms with E-state index in [0.29, 0.717) is 22.1 Å². The van der Waals surface area contributed by atoms with Crippen LogP contribution in [0.25, 0.3) is 10.8 Å². The summed E-state index contributed by atoms with van der Waals surface area (Å²) in [5.74, 6) is -0.452. The summed E-state index contributed by atoms with van der Waals surface area (Å²) in [5, 5.41) is 36.8.